The maximum absolute atomic E-state index is 8.95. The van der Waals surface area contributed by atoms with Crippen molar-refractivity contribution in [3.63, 3.8) is 0 Å². The molecule has 0 bridgehead atoms. The Morgan fingerprint density at radius 1 is 1.12 bits per heavy atom. The first-order valence-electron chi connectivity index (χ1n) is 5.38. The third-order valence-corrected chi connectivity index (χ3v) is 6.44. The SMILES string of the molecule is CC(C)(C)S(C)(C)Oc1ccc(CO)cc1. The van der Waals surface area contributed by atoms with Gasteiger partial charge in [0.1, 0.15) is 5.75 Å². The third-order valence-electron chi connectivity index (χ3n) is 2.89. The topological polar surface area (TPSA) is 29.5 Å². The van der Waals surface area contributed by atoms with E-state index in [1.54, 1.807) is 0 Å². The van der Waals surface area contributed by atoms with Crippen molar-refractivity contribution in [3.05, 3.63) is 29.8 Å². The normalized spacial score (nSPS) is 13.6. The van der Waals surface area contributed by atoms with Crippen LogP contribution in [0.4, 0.5) is 0 Å². The minimum absolute atomic E-state index is 0.0792. The average molecular weight is 242 g/mol. The number of benzene rings is 1. The van der Waals surface area contributed by atoms with Crippen molar-refractivity contribution in [1.82, 2.24) is 0 Å². The van der Waals surface area contributed by atoms with Gasteiger partial charge in [0, 0.05) is 4.75 Å². The zero-order valence-corrected chi connectivity index (χ0v) is 11.6. The van der Waals surface area contributed by atoms with Crippen molar-refractivity contribution >= 4 is 10.3 Å². The number of hydrogen-bond acceptors (Lipinski definition) is 2. The van der Waals surface area contributed by atoms with Crippen LogP contribution >= 0.6 is 10.3 Å². The van der Waals surface area contributed by atoms with Gasteiger partial charge in [0.05, 0.1) is 6.61 Å². The molecule has 0 saturated heterocycles. The van der Waals surface area contributed by atoms with Crippen LogP contribution in [-0.2, 0) is 6.61 Å². The molecule has 0 atom stereocenters. The van der Waals surface area contributed by atoms with E-state index in [-0.39, 0.29) is 11.4 Å². The number of aliphatic hydroxyl groups is 1. The largest absolute Gasteiger partial charge is 0.449 e. The molecule has 0 spiro atoms. The summed E-state index contributed by atoms with van der Waals surface area (Å²) < 4.78 is 6.22. The second kappa shape index (κ2) is 4.68. The van der Waals surface area contributed by atoms with Crippen molar-refractivity contribution in [2.75, 3.05) is 12.5 Å². The van der Waals surface area contributed by atoms with Crippen molar-refractivity contribution < 1.29 is 9.29 Å². The summed E-state index contributed by atoms with van der Waals surface area (Å²) in [6, 6.07) is 7.64. The van der Waals surface area contributed by atoms with E-state index < -0.39 is 10.3 Å². The lowest BCUT2D eigenvalue weighted by atomic mass is 10.2. The highest BCUT2D eigenvalue weighted by Gasteiger charge is 2.29. The minimum Gasteiger partial charge on any atom is -0.449 e. The summed E-state index contributed by atoms with van der Waals surface area (Å²) in [6.45, 7) is 6.68. The van der Waals surface area contributed by atoms with Crippen LogP contribution in [0.15, 0.2) is 24.3 Å². The fourth-order valence-electron chi connectivity index (χ4n) is 1.02. The molecule has 92 valence electrons. The molecule has 1 rings (SSSR count). The highest BCUT2D eigenvalue weighted by Crippen LogP contribution is 2.53. The van der Waals surface area contributed by atoms with Crippen molar-refractivity contribution in [1.29, 1.82) is 0 Å². The van der Waals surface area contributed by atoms with Gasteiger partial charge in [0.15, 0.2) is 0 Å². The lowest BCUT2D eigenvalue weighted by molar-refractivity contribution is 0.282. The monoisotopic (exact) mass is 242 g/mol. The Balaban J connectivity index is 2.80. The molecular formula is C13H22O2S. The molecule has 0 saturated carbocycles. The van der Waals surface area contributed by atoms with Gasteiger partial charge < -0.3 is 9.29 Å². The Bertz CT molecular complexity index is 336. The first kappa shape index (κ1) is 13.4. The van der Waals surface area contributed by atoms with Gasteiger partial charge in [0.2, 0.25) is 0 Å². The number of aliphatic hydroxyl groups excluding tert-OH is 1. The van der Waals surface area contributed by atoms with E-state index in [9.17, 15) is 0 Å². The van der Waals surface area contributed by atoms with E-state index in [1.807, 2.05) is 24.3 Å². The molecule has 0 amide bonds. The smallest absolute Gasteiger partial charge is 0.134 e. The summed E-state index contributed by atoms with van der Waals surface area (Å²) in [5.74, 6) is 0.882. The number of rotatable bonds is 3. The molecule has 1 aromatic carbocycles. The zero-order valence-electron chi connectivity index (χ0n) is 10.8. The van der Waals surface area contributed by atoms with Crippen LogP contribution in [0.1, 0.15) is 26.3 Å². The lowest BCUT2D eigenvalue weighted by Gasteiger charge is -2.43. The van der Waals surface area contributed by atoms with Crippen molar-refractivity contribution in [2.24, 2.45) is 0 Å². The maximum atomic E-state index is 8.95. The van der Waals surface area contributed by atoms with Gasteiger partial charge in [-0.25, -0.2) is 0 Å². The van der Waals surface area contributed by atoms with Crippen LogP contribution in [0.3, 0.4) is 0 Å². The van der Waals surface area contributed by atoms with Crippen LogP contribution in [0, 0.1) is 0 Å². The molecule has 16 heavy (non-hydrogen) atoms. The Labute approximate surface area is 100 Å². The molecule has 2 nitrogen and oxygen atoms in total. The predicted octanol–water partition coefficient (Wildman–Crippen LogP) is 3.34. The standard InChI is InChI=1S/C13H22O2S/c1-13(2,3)16(4,5)15-12-8-6-11(10-14)7-9-12/h6-9,14H,10H2,1-5H3. The second-order valence-electron chi connectivity index (χ2n) is 5.23. The summed E-state index contributed by atoms with van der Waals surface area (Å²) >= 11 is 0. The van der Waals surface area contributed by atoms with E-state index in [2.05, 4.69) is 33.3 Å². The van der Waals surface area contributed by atoms with Crippen LogP contribution in [0.2, 0.25) is 0 Å². The molecule has 0 fully saturated rings. The Hall–Kier alpha value is -0.670. The van der Waals surface area contributed by atoms with Crippen LogP contribution in [0.25, 0.3) is 0 Å². The van der Waals surface area contributed by atoms with Crippen molar-refractivity contribution in [3.8, 4) is 5.75 Å². The summed E-state index contributed by atoms with van der Waals surface area (Å²) in [4.78, 5) is 0. The molecule has 1 N–H and O–H groups in total. The summed E-state index contributed by atoms with van der Waals surface area (Å²) in [5, 5.41) is 8.95. The van der Waals surface area contributed by atoms with E-state index in [4.69, 9.17) is 9.29 Å². The predicted molar refractivity (Wildman–Crippen MR) is 72.2 cm³/mol. The molecule has 0 radical (unpaired) electrons. The third kappa shape index (κ3) is 3.16. The Morgan fingerprint density at radius 3 is 2.00 bits per heavy atom. The lowest BCUT2D eigenvalue weighted by Crippen LogP contribution is -2.27. The van der Waals surface area contributed by atoms with Crippen LogP contribution in [0.5, 0.6) is 5.75 Å². The molecule has 1 aromatic rings. The van der Waals surface area contributed by atoms with Gasteiger partial charge in [0.25, 0.3) is 0 Å². The fourth-order valence-corrected chi connectivity index (χ4v) is 1.86. The highest BCUT2D eigenvalue weighted by molar-refractivity contribution is 8.30. The number of hydrogen-bond donors (Lipinski definition) is 1. The maximum Gasteiger partial charge on any atom is 0.134 e. The molecule has 3 heteroatoms. The fraction of sp³-hybridized carbons (Fsp3) is 0.538. The zero-order chi connectivity index (χ0) is 12.4. The van der Waals surface area contributed by atoms with Crippen molar-refractivity contribution in [2.45, 2.75) is 32.1 Å². The van der Waals surface area contributed by atoms with E-state index in [0.29, 0.717) is 0 Å². The quantitative estimate of drug-likeness (QED) is 0.881. The van der Waals surface area contributed by atoms with E-state index >= 15 is 0 Å². The molecule has 0 aliphatic heterocycles. The molecule has 0 aromatic heterocycles. The van der Waals surface area contributed by atoms with Gasteiger partial charge in [-0.3, -0.25) is 0 Å². The van der Waals surface area contributed by atoms with Gasteiger partial charge >= 0.3 is 0 Å². The molecule has 0 aliphatic rings. The summed E-state index contributed by atoms with van der Waals surface area (Å²) in [7, 11) is -1.13. The van der Waals surface area contributed by atoms with Gasteiger partial charge in [-0.2, -0.15) is 0 Å². The second-order valence-corrected chi connectivity index (χ2v) is 9.09. The highest BCUT2D eigenvalue weighted by atomic mass is 32.3. The van der Waals surface area contributed by atoms with E-state index in [0.717, 1.165) is 11.3 Å². The van der Waals surface area contributed by atoms with Crippen LogP contribution < -0.4 is 4.18 Å². The molecular weight excluding hydrogens is 220 g/mol. The first-order valence-corrected chi connectivity index (χ1v) is 7.76. The van der Waals surface area contributed by atoms with Crippen LogP contribution in [-0.4, -0.2) is 22.4 Å². The molecule has 0 heterocycles. The van der Waals surface area contributed by atoms with Gasteiger partial charge in [-0.05, 0) is 51.0 Å². The first-order chi connectivity index (χ1) is 7.26. The Kier molecular flexibility index (Phi) is 3.92. The molecule has 0 aliphatic carbocycles. The Morgan fingerprint density at radius 2 is 1.62 bits per heavy atom. The van der Waals surface area contributed by atoms with Gasteiger partial charge in [-0.1, -0.05) is 22.4 Å². The van der Waals surface area contributed by atoms with E-state index in [1.165, 1.54) is 0 Å². The summed E-state index contributed by atoms with van der Waals surface area (Å²) in [5.41, 5.74) is 0.913. The van der Waals surface area contributed by atoms with Gasteiger partial charge in [-0.15, -0.1) is 0 Å². The summed E-state index contributed by atoms with van der Waals surface area (Å²) in [6.07, 6.45) is 4.35. The minimum atomic E-state index is -1.13. The molecule has 0 unspecified atom stereocenters. The average Bonchev–Trinajstić information content (AvgIpc) is 2.16.